The number of aromatic nitrogens is 2. The van der Waals surface area contributed by atoms with E-state index < -0.39 is 0 Å². The highest BCUT2D eigenvalue weighted by molar-refractivity contribution is 9.10. The van der Waals surface area contributed by atoms with Gasteiger partial charge in [0.15, 0.2) is 0 Å². The third-order valence-corrected chi connectivity index (χ3v) is 4.25. The number of rotatable bonds is 6. The van der Waals surface area contributed by atoms with Crippen LogP contribution in [0, 0.1) is 20.8 Å². The van der Waals surface area contributed by atoms with E-state index in [9.17, 15) is 0 Å². The average molecular weight is 336 g/mol. The molecule has 1 aromatic carbocycles. The molecule has 1 aromatic heterocycles. The van der Waals surface area contributed by atoms with Gasteiger partial charge in [0.1, 0.15) is 0 Å². The van der Waals surface area contributed by atoms with E-state index in [1.807, 2.05) is 6.92 Å². The molecule has 0 spiro atoms. The van der Waals surface area contributed by atoms with Gasteiger partial charge in [-0.15, -0.1) is 0 Å². The first-order valence-electron chi connectivity index (χ1n) is 7.03. The van der Waals surface area contributed by atoms with E-state index in [2.05, 4.69) is 69.1 Å². The fraction of sp³-hybridized carbons (Fsp3) is 0.438. The Hall–Kier alpha value is -1.13. The van der Waals surface area contributed by atoms with Crippen molar-refractivity contribution in [1.29, 1.82) is 0 Å². The molecule has 3 nitrogen and oxygen atoms in total. The molecule has 0 unspecified atom stereocenters. The predicted octanol–water partition coefficient (Wildman–Crippen LogP) is 3.75. The van der Waals surface area contributed by atoms with Crippen LogP contribution in [0.1, 0.15) is 28.9 Å². The highest BCUT2D eigenvalue weighted by Gasteiger charge is 2.00. The Balaban J connectivity index is 1.71. The van der Waals surface area contributed by atoms with Crippen molar-refractivity contribution in [2.24, 2.45) is 0 Å². The zero-order valence-corrected chi connectivity index (χ0v) is 14.0. The Morgan fingerprint density at radius 2 is 2.00 bits per heavy atom. The maximum absolute atomic E-state index is 4.47. The monoisotopic (exact) mass is 335 g/mol. The van der Waals surface area contributed by atoms with Crippen LogP contribution >= 0.6 is 15.9 Å². The van der Waals surface area contributed by atoms with Crippen molar-refractivity contribution in [3.8, 4) is 0 Å². The summed E-state index contributed by atoms with van der Waals surface area (Å²) < 4.78 is 3.26. The zero-order chi connectivity index (χ0) is 14.5. The van der Waals surface area contributed by atoms with Crippen LogP contribution in [-0.2, 0) is 13.1 Å². The van der Waals surface area contributed by atoms with Crippen molar-refractivity contribution in [3.05, 3.63) is 51.3 Å². The second-order valence-corrected chi connectivity index (χ2v) is 6.12. The average Bonchev–Trinajstić information content (AvgIpc) is 2.72. The van der Waals surface area contributed by atoms with Gasteiger partial charge in [0, 0.05) is 23.3 Å². The summed E-state index contributed by atoms with van der Waals surface area (Å²) in [4.78, 5) is 0. The first-order chi connectivity index (χ1) is 9.56. The lowest BCUT2D eigenvalue weighted by molar-refractivity contribution is 0.532. The summed E-state index contributed by atoms with van der Waals surface area (Å²) in [6.45, 7) is 9.15. The number of nitrogens with zero attached hydrogens (tertiary/aromatic N) is 2. The molecule has 2 aromatic rings. The summed E-state index contributed by atoms with van der Waals surface area (Å²) in [5, 5.41) is 7.95. The largest absolute Gasteiger partial charge is 0.313 e. The van der Waals surface area contributed by atoms with E-state index in [0.717, 1.165) is 31.7 Å². The molecule has 2 rings (SSSR count). The minimum absolute atomic E-state index is 0.913. The Kier molecular flexibility index (Phi) is 5.38. The molecule has 1 heterocycles. The lowest BCUT2D eigenvalue weighted by Gasteiger charge is -2.08. The van der Waals surface area contributed by atoms with Crippen LogP contribution in [-0.4, -0.2) is 16.3 Å². The maximum atomic E-state index is 4.47. The molecule has 20 heavy (non-hydrogen) atoms. The van der Waals surface area contributed by atoms with Gasteiger partial charge in [-0.3, -0.25) is 4.68 Å². The van der Waals surface area contributed by atoms with Crippen LogP contribution in [0.25, 0.3) is 0 Å². The summed E-state index contributed by atoms with van der Waals surface area (Å²) >= 11 is 3.57. The lowest BCUT2D eigenvalue weighted by Crippen LogP contribution is -2.17. The standard InChI is InChI=1S/C16H22BrN3/c1-12-5-6-15(10-16(12)17)11-18-7-4-8-20-14(3)9-13(2)19-20/h5-6,9-10,18H,4,7-8,11H2,1-3H3. The van der Waals surface area contributed by atoms with Crippen molar-refractivity contribution in [2.75, 3.05) is 6.54 Å². The van der Waals surface area contributed by atoms with Gasteiger partial charge in [-0.25, -0.2) is 0 Å². The third-order valence-electron chi connectivity index (χ3n) is 3.39. The minimum Gasteiger partial charge on any atom is -0.313 e. The molecule has 0 aliphatic heterocycles. The highest BCUT2D eigenvalue weighted by atomic mass is 79.9. The van der Waals surface area contributed by atoms with E-state index in [0.29, 0.717) is 0 Å². The zero-order valence-electron chi connectivity index (χ0n) is 12.4. The van der Waals surface area contributed by atoms with Crippen LogP contribution < -0.4 is 5.32 Å². The molecule has 0 aliphatic carbocycles. The lowest BCUT2D eigenvalue weighted by atomic mass is 10.1. The first kappa shape index (κ1) is 15.3. The van der Waals surface area contributed by atoms with Gasteiger partial charge in [-0.05, 0) is 57.0 Å². The van der Waals surface area contributed by atoms with Gasteiger partial charge in [0.25, 0.3) is 0 Å². The number of nitrogens with one attached hydrogen (secondary N) is 1. The SMILES string of the molecule is Cc1cc(C)n(CCCNCc2ccc(C)c(Br)c2)n1. The Morgan fingerprint density at radius 3 is 2.65 bits per heavy atom. The molecule has 0 saturated heterocycles. The van der Waals surface area contributed by atoms with Gasteiger partial charge < -0.3 is 5.32 Å². The molecule has 108 valence electrons. The van der Waals surface area contributed by atoms with Crippen LogP contribution in [0.15, 0.2) is 28.7 Å². The molecule has 0 fully saturated rings. The third kappa shape index (κ3) is 4.18. The number of benzene rings is 1. The maximum Gasteiger partial charge on any atom is 0.0596 e. The van der Waals surface area contributed by atoms with E-state index >= 15 is 0 Å². The van der Waals surface area contributed by atoms with Crippen molar-refractivity contribution in [2.45, 2.75) is 40.3 Å². The summed E-state index contributed by atoms with van der Waals surface area (Å²) in [6, 6.07) is 8.63. The summed E-state index contributed by atoms with van der Waals surface area (Å²) in [5.74, 6) is 0. The molecule has 0 saturated carbocycles. The van der Waals surface area contributed by atoms with Gasteiger partial charge in [-0.1, -0.05) is 28.1 Å². The minimum atomic E-state index is 0.913. The van der Waals surface area contributed by atoms with Gasteiger partial charge in [-0.2, -0.15) is 5.10 Å². The van der Waals surface area contributed by atoms with Crippen LogP contribution in [0.5, 0.6) is 0 Å². The van der Waals surface area contributed by atoms with E-state index in [1.54, 1.807) is 0 Å². The highest BCUT2D eigenvalue weighted by Crippen LogP contribution is 2.17. The Labute approximate surface area is 129 Å². The van der Waals surface area contributed by atoms with E-state index in [1.165, 1.54) is 21.3 Å². The summed E-state index contributed by atoms with van der Waals surface area (Å²) in [7, 11) is 0. The van der Waals surface area contributed by atoms with Crippen molar-refractivity contribution < 1.29 is 0 Å². The van der Waals surface area contributed by atoms with Crippen LogP contribution in [0.4, 0.5) is 0 Å². The van der Waals surface area contributed by atoms with Crippen molar-refractivity contribution in [1.82, 2.24) is 15.1 Å². The molecule has 4 heteroatoms. The van der Waals surface area contributed by atoms with Crippen LogP contribution in [0.2, 0.25) is 0 Å². The molecule has 0 amide bonds. The Bertz CT molecular complexity index is 575. The smallest absolute Gasteiger partial charge is 0.0596 e. The molecule has 1 N–H and O–H groups in total. The molecule has 0 radical (unpaired) electrons. The molecular formula is C16H22BrN3. The fourth-order valence-corrected chi connectivity index (χ4v) is 2.66. The second kappa shape index (κ2) is 7.04. The topological polar surface area (TPSA) is 29.9 Å². The van der Waals surface area contributed by atoms with Crippen molar-refractivity contribution >= 4 is 15.9 Å². The molecule has 0 bridgehead atoms. The predicted molar refractivity (Wildman–Crippen MR) is 86.9 cm³/mol. The van der Waals surface area contributed by atoms with Gasteiger partial charge >= 0.3 is 0 Å². The number of hydrogen-bond acceptors (Lipinski definition) is 2. The number of halogens is 1. The van der Waals surface area contributed by atoms with Gasteiger partial charge in [0.2, 0.25) is 0 Å². The normalized spacial score (nSPS) is 11.0. The molecular weight excluding hydrogens is 314 g/mol. The number of hydrogen-bond donors (Lipinski definition) is 1. The molecule has 0 atom stereocenters. The Morgan fingerprint density at radius 1 is 1.20 bits per heavy atom. The van der Waals surface area contributed by atoms with Gasteiger partial charge in [0.05, 0.1) is 5.69 Å². The quantitative estimate of drug-likeness (QED) is 0.814. The second-order valence-electron chi connectivity index (χ2n) is 5.26. The summed E-state index contributed by atoms with van der Waals surface area (Å²) in [6.07, 6.45) is 1.09. The van der Waals surface area contributed by atoms with Crippen molar-refractivity contribution in [3.63, 3.8) is 0 Å². The van der Waals surface area contributed by atoms with Crippen LogP contribution in [0.3, 0.4) is 0 Å². The van der Waals surface area contributed by atoms with E-state index in [-0.39, 0.29) is 0 Å². The van der Waals surface area contributed by atoms with E-state index in [4.69, 9.17) is 0 Å². The first-order valence-corrected chi connectivity index (χ1v) is 7.82. The summed E-state index contributed by atoms with van der Waals surface area (Å²) in [5.41, 5.74) is 4.93. The number of aryl methyl sites for hydroxylation is 4. The fourth-order valence-electron chi connectivity index (χ4n) is 2.23. The molecule has 0 aliphatic rings.